The largest absolute Gasteiger partial charge is 0.317 e. The monoisotopic (exact) mass is 352 g/mol. The van der Waals surface area contributed by atoms with Gasteiger partial charge in [-0.15, -0.1) is 0 Å². The van der Waals surface area contributed by atoms with E-state index in [0.29, 0.717) is 6.04 Å². The molecule has 0 amide bonds. The smallest absolute Gasteiger partial charge is 0.0231 e. The van der Waals surface area contributed by atoms with Crippen LogP contribution in [0, 0.1) is 17.8 Å². The number of nitrogens with one attached hydrogen (secondary N) is 1. The minimum absolute atomic E-state index is 0.661. The van der Waals surface area contributed by atoms with E-state index in [4.69, 9.17) is 0 Å². The molecule has 1 aromatic rings. The highest BCUT2D eigenvalue weighted by atomic mass is 79.9. The molecule has 0 radical (unpaired) electrons. The minimum atomic E-state index is 0.661. The second kappa shape index (κ2) is 7.75. The first-order chi connectivity index (χ1) is 9.99. The summed E-state index contributed by atoms with van der Waals surface area (Å²) in [7, 11) is 4.37. The SMILES string of the molecule is CNC1CC(C)CC(C)C1CN(C)Cc1cccc(Br)c1. The zero-order valence-corrected chi connectivity index (χ0v) is 15.4. The molecule has 1 fully saturated rings. The first-order valence-electron chi connectivity index (χ1n) is 8.09. The van der Waals surface area contributed by atoms with Crippen LogP contribution in [0.15, 0.2) is 28.7 Å². The number of hydrogen-bond acceptors (Lipinski definition) is 2. The van der Waals surface area contributed by atoms with Gasteiger partial charge in [0.05, 0.1) is 0 Å². The number of rotatable bonds is 5. The molecule has 1 saturated carbocycles. The fraction of sp³-hybridized carbons (Fsp3) is 0.667. The molecule has 118 valence electrons. The van der Waals surface area contributed by atoms with Crippen LogP contribution in [0.2, 0.25) is 0 Å². The fourth-order valence-corrected chi connectivity index (χ4v) is 4.37. The molecule has 1 aromatic carbocycles. The van der Waals surface area contributed by atoms with Crippen LogP contribution in [0.25, 0.3) is 0 Å². The first-order valence-corrected chi connectivity index (χ1v) is 8.89. The van der Waals surface area contributed by atoms with Crippen molar-refractivity contribution in [3.63, 3.8) is 0 Å². The van der Waals surface area contributed by atoms with E-state index in [-0.39, 0.29) is 0 Å². The molecular formula is C18H29BrN2. The first kappa shape index (κ1) is 17.0. The van der Waals surface area contributed by atoms with E-state index < -0.39 is 0 Å². The third-order valence-electron chi connectivity index (χ3n) is 4.91. The summed E-state index contributed by atoms with van der Waals surface area (Å²) in [6.45, 7) is 7.01. The maximum absolute atomic E-state index is 3.56. The van der Waals surface area contributed by atoms with Crippen molar-refractivity contribution in [2.24, 2.45) is 17.8 Å². The van der Waals surface area contributed by atoms with Crippen molar-refractivity contribution in [2.45, 2.75) is 39.3 Å². The molecule has 1 aliphatic rings. The summed E-state index contributed by atoms with van der Waals surface area (Å²) in [5.74, 6) is 2.41. The Labute approximate surface area is 138 Å². The Morgan fingerprint density at radius 2 is 2.05 bits per heavy atom. The van der Waals surface area contributed by atoms with Crippen molar-refractivity contribution in [2.75, 3.05) is 20.6 Å². The molecule has 21 heavy (non-hydrogen) atoms. The quantitative estimate of drug-likeness (QED) is 0.855. The molecule has 4 unspecified atom stereocenters. The molecule has 3 heteroatoms. The second-order valence-electron chi connectivity index (χ2n) is 6.94. The Morgan fingerprint density at radius 1 is 1.29 bits per heavy atom. The van der Waals surface area contributed by atoms with E-state index in [0.717, 1.165) is 24.3 Å². The summed E-state index contributed by atoms with van der Waals surface area (Å²) in [6, 6.07) is 9.30. The van der Waals surface area contributed by atoms with Gasteiger partial charge in [0.1, 0.15) is 0 Å². The van der Waals surface area contributed by atoms with E-state index >= 15 is 0 Å². The molecule has 1 N–H and O–H groups in total. The summed E-state index contributed by atoms with van der Waals surface area (Å²) >= 11 is 3.56. The summed E-state index contributed by atoms with van der Waals surface area (Å²) in [4.78, 5) is 2.48. The van der Waals surface area contributed by atoms with Gasteiger partial charge in [0.2, 0.25) is 0 Å². The van der Waals surface area contributed by atoms with E-state index in [1.54, 1.807) is 0 Å². The Bertz CT molecular complexity index is 449. The van der Waals surface area contributed by atoms with Crippen LogP contribution < -0.4 is 5.32 Å². The van der Waals surface area contributed by atoms with Crippen molar-refractivity contribution in [1.82, 2.24) is 10.2 Å². The zero-order valence-electron chi connectivity index (χ0n) is 13.8. The zero-order chi connectivity index (χ0) is 15.4. The van der Waals surface area contributed by atoms with E-state index in [1.165, 1.54) is 29.4 Å². The van der Waals surface area contributed by atoms with Crippen molar-refractivity contribution in [3.8, 4) is 0 Å². The molecule has 0 bridgehead atoms. The average Bonchev–Trinajstić information content (AvgIpc) is 2.41. The van der Waals surface area contributed by atoms with Gasteiger partial charge in [-0.1, -0.05) is 41.9 Å². The van der Waals surface area contributed by atoms with Gasteiger partial charge in [-0.3, -0.25) is 0 Å². The van der Waals surface area contributed by atoms with Crippen molar-refractivity contribution >= 4 is 15.9 Å². The molecule has 0 saturated heterocycles. The highest BCUT2D eigenvalue weighted by molar-refractivity contribution is 9.10. The molecule has 2 nitrogen and oxygen atoms in total. The summed E-state index contributed by atoms with van der Waals surface area (Å²) < 4.78 is 1.17. The van der Waals surface area contributed by atoms with Crippen LogP contribution in [0.1, 0.15) is 32.3 Å². The average molecular weight is 353 g/mol. The van der Waals surface area contributed by atoms with Crippen LogP contribution in [-0.2, 0) is 6.54 Å². The molecule has 0 heterocycles. The lowest BCUT2D eigenvalue weighted by Crippen LogP contribution is -2.47. The number of benzene rings is 1. The van der Waals surface area contributed by atoms with E-state index in [1.807, 2.05) is 0 Å². The molecule has 0 aromatic heterocycles. The summed E-state index contributed by atoms with van der Waals surface area (Å²) in [5, 5.41) is 3.56. The molecule has 1 aliphatic carbocycles. The molecule has 0 aliphatic heterocycles. The third-order valence-corrected chi connectivity index (χ3v) is 5.41. The van der Waals surface area contributed by atoms with Gasteiger partial charge in [-0.2, -0.15) is 0 Å². The van der Waals surface area contributed by atoms with E-state index in [2.05, 4.69) is 78.4 Å². The van der Waals surface area contributed by atoms with E-state index in [9.17, 15) is 0 Å². The number of halogens is 1. The number of nitrogens with zero attached hydrogens (tertiary/aromatic N) is 1. The molecule has 0 spiro atoms. The Balaban J connectivity index is 1.95. The van der Waals surface area contributed by atoms with Gasteiger partial charge < -0.3 is 10.2 Å². The second-order valence-corrected chi connectivity index (χ2v) is 7.86. The fourth-order valence-electron chi connectivity index (χ4n) is 3.92. The molecule has 2 rings (SSSR count). The summed E-state index contributed by atoms with van der Waals surface area (Å²) in [5.41, 5.74) is 1.38. The van der Waals surface area contributed by atoms with Crippen LogP contribution in [-0.4, -0.2) is 31.6 Å². The van der Waals surface area contributed by atoms with Crippen LogP contribution in [0.4, 0.5) is 0 Å². The Morgan fingerprint density at radius 3 is 2.71 bits per heavy atom. The highest BCUT2D eigenvalue weighted by Crippen LogP contribution is 2.34. The standard InChI is InChI=1S/C18H29BrN2/c1-13-8-14(2)17(18(9-13)20-3)12-21(4)11-15-6-5-7-16(19)10-15/h5-7,10,13-14,17-18,20H,8-9,11-12H2,1-4H3. The third kappa shape index (κ3) is 4.80. The predicted molar refractivity (Wildman–Crippen MR) is 94.4 cm³/mol. The predicted octanol–water partition coefficient (Wildman–Crippen LogP) is 4.15. The Kier molecular flexibility index (Phi) is 6.27. The van der Waals surface area contributed by atoms with Crippen LogP contribution in [0.3, 0.4) is 0 Å². The topological polar surface area (TPSA) is 15.3 Å². The highest BCUT2D eigenvalue weighted by Gasteiger charge is 2.33. The molecular weight excluding hydrogens is 324 g/mol. The van der Waals surface area contributed by atoms with Gasteiger partial charge in [0, 0.05) is 23.6 Å². The maximum Gasteiger partial charge on any atom is 0.0231 e. The summed E-state index contributed by atoms with van der Waals surface area (Å²) in [6.07, 6.45) is 2.68. The van der Waals surface area contributed by atoms with Crippen molar-refractivity contribution < 1.29 is 0 Å². The van der Waals surface area contributed by atoms with Crippen LogP contribution in [0.5, 0.6) is 0 Å². The van der Waals surface area contributed by atoms with Gasteiger partial charge in [-0.25, -0.2) is 0 Å². The van der Waals surface area contributed by atoms with Gasteiger partial charge >= 0.3 is 0 Å². The lowest BCUT2D eigenvalue weighted by molar-refractivity contribution is 0.113. The maximum atomic E-state index is 3.56. The van der Waals surface area contributed by atoms with Crippen molar-refractivity contribution in [3.05, 3.63) is 34.3 Å². The van der Waals surface area contributed by atoms with Gasteiger partial charge in [-0.05, 0) is 62.4 Å². The Hall–Kier alpha value is -0.380. The van der Waals surface area contributed by atoms with Gasteiger partial charge in [0.25, 0.3) is 0 Å². The lowest BCUT2D eigenvalue weighted by Gasteiger charge is -2.41. The van der Waals surface area contributed by atoms with Crippen molar-refractivity contribution in [1.29, 1.82) is 0 Å². The lowest BCUT2D eigenvalue weighted by atomic mass is 9.72. The minimum Gasteiger partial charge on any atom is -0.317 e. The normalized spacial score (nSPS) is 29.8. The van der Waals surface area contributed by atoms with Crippen LogP contribution >= 0.6 is 15.9 Å². The molecule has 4 atom stereocenters. The number of hydrogen-bond donors (Lipinski definition) is 1. The van der Waals surface area contributed by atoms with Gasteiger partial charge in [0.15, 0.2) is 0 Å².